The third-order valence-electron chi connectivity index (χ3n) is 1.50. The molecular formula is C7H9F2N3O2. The van der Waals surface area contributed by atoms with E-state index in [1.54, 1.807) is 0 Å². The van der Waals surface area contributed by atoms with Crippen molar-refractivity contribution in [2.45, 2.75) is 5.92 Å². The molecule has 0 atom stereocenters. The van der Waals surface area contributed by atoms with Gasteiger partial charge in [-0.2, -0.15) is 5.10 Å². The van der Waals surface area contributed by atoms with Crippen LogP contribution in [-0.2, 0) is 0 Å². The van der Waals surface area contributed by atoms with Crippen molar-refractivity contribution >= 4 is 5.91 Å². The fourth-order valence-corrected chi connectivity index (χ4v) is 0.743. The standard InChI is InChI=1S/C7H9F2N3O2/c8-7(9,4-13)3-10-6(14)5-1-11-12-2-5/h1-2,13H,3-4H2,(H,10,14)(H,11,12). The summed E-state index contributed by atoms with van der Waals surface area (Å²) in [6.45, 7) is -2.19. The highest BCUT2D eigenvalue weighted by Crippen LogP contribution is 2.09. The number of aromatic nitrogens is 2. The Morgan fingerprint density at radius 3 is 2.93 bits per heavy atom. The van der Waals surface area contributed by atoms with Crippen molar-refractivity contribution in [2.75, 3.05) is 13.2 Å². The summed E-state index contributed by atoms with van der Waals surface area (Å²) in [5.74, 6) is -3.95. The van der Waals surface area contributed by atoms with Crippen LogP contribution in [-0.4, -0.2) is 40.3 Å². The van der Waals surface area contributed by atoms with E-state index in [0.29, 0.717) is 0 Å². The zero-order chi connectivity index (χ0) is 10.6. The summed E-state index contributed by atoms with van der Waals surface area (Å²) < 4.78 is 24.9. The number of carbonyl (C=O) groups excluding carboxylic acids is 1. The number of alkyl halides is 2. The van der Waals surface area contributed by atoms with Gasteiger partial charge in [-0.05, 0) is 0 Å². The highest BCUT2D eigenvalue weighted by atomic mass is 19.3. The Kier molecular flexibility index (Phi) is 3.13. The lowest BCUT2D eigenvalue weighted by Gasteiger charge is -2.13. The predicted molar refractivity (Wildman–Crippen MR) is 43.0 cm³/mol. The molecule has 14 heavy (non-hydrogen) atoms. The van der Waals surface area contributed by atoms with E-state index in [9.17, 15) is 13.6 Å². The van der Waals surface area contributed by atoms with Gasteiger partial charge in [0.05, 0.1) is 18.3 Å². The Hall–Kier alpha value is -1.50. The third-order valence-corrected chi connectivity index (χ3v) is 1.50. The van der Waals surface area contributed by atoms with Crippen molar-refractivity contribution in [3.8, 4) is 0 Å². The number of hydrogen-bond donors (Lipinski definition) is 3. The van der Waals surface area contributed by atoms with Crippen LogP contribution in [0.4, 0.5) is 8.78 Å². The maximum atomic E-state index is 12.5. The Labute approximate surface area is 78.1 Å². The number of H-pyrrole nitrogens is 1. The van der Waals surface area contributed by atoms with E-state index >= 15 is 0 Å². The van der Waals surface area contributed by atoms with Gasteiger partial charge in [0.1, 0.15) is 6.61 Å². The van der Waals surface area contributed by atoms with Crippen molar-refractivity contribution in [2.24, 2.45) is 0 Å². The van der Waals surface area contributed by atoms with Crippen LogP contribution in [0.25, 0.3) is 0 Å². The lowest BCUT2D eigenvalue weighted by molar-refractivity contribution is -0.0462. The number of halogens is 2. The molecule has 0 unspecified atom stereocenters. The lowest BCUT2D eigenvalue weighted by Crippen LogP contribution is -2.38. The van der Waals surface area contributed by atoms with Gasteiger partial charge in [0.2, 0.25) is 0 Å². The summed E-state index contributed by atoms with van der Waals surface area (Å²) in [4.78, 5) is 11.1. The summed E-state index contributed by atoms with van der Waals surface area (Å²) >= 11 is 0. The van der Waals surface area contributed by atoms with Gasteiger partial charge in [0.25, 0.3) is 11.8 Å². The van der Waals surface area contributed by atoms with Gasteiger partial charge < -0.3 is 10.4 Å². The number of hydrogen-bond acceptors (Lipinski definition) is 3. The molecule has 0 saturated heterocycles. The molecule has 1 aromatic rings. The van der Waals surface area contributed by atoms with Gasteiger partial charge in [-0.25, -0.2) is 8.78 Å². The molecular weight excluding hydrogens is 196 g/mol. The van der Waals surface area contributed by atoms with Gasteiger partial charge in [-0.3, -0.25) is 9.89 Å². The molecule has 0 fully saturated rings. The van der Waals surface area contributed by atoms with Crippen LogP contribution < -0.4 is 5.32 Å². The van der Waals surface area contributed by atoms with Crippen LogP contribution >= 0.6 is 0 Å². The normalized spacial score (nSPS) is 11.4. The third kappa shape index (κ3) is 2.77. The fourth-order valence-electron chi connectivity index (χ4n) is 0.743. The Balaban J connectivity index is 2.43. The number of nitrogens with zero attached hydrogens (tertiary/aromatic N) is 1. The van der Waals surface area contributed by atoms with Crippen LogP contribution in [0.5, 0.6) is 0 Å². The predicted octanol–water partition coefficient (Wildman–Crippen LogP) is -0.233. The maximum Gasteiger partial charge on any atom is 0.287 e. The van der Waals surface area contributed by atoms with E-state index in [0.717, 1.165) is 0 Å². The number of aliphatic hydroxyl groups is 1. The number of amides is 1. The number of rotatable bonds is 4. The first kappa shape index (κ1) is 10.6. The smallest absolute Gasteiger partial charge is 0.287 e. The number of nitrogens with one attached hydrogen (secondary N) is 2. The van der Waals surface area contributed by atoms with Crippen molar-refractivity contribution in [1.29, 1.82) is 0 Å². The van der Waals surface area contributed by atoms with Gasteiger partial charge >= 0.3 is 0 Å². The molecule has 0 aromatic carbocycles. The minimum atomic E-state index is -3.29. The Morgan fingerprint density at radius 1 is 1.71 bits per heavy atom. The summed E-state index contributed by atoms with van der Waals surface area (Å²) in [6, 6.07) is 0. The molecule has 0 aliphatic carbocycles. The van der Waals surface area contributed by atoms with E-state index in [-0.39, 0.29) is 5.56 Å². The molecule has 5 nitrogen and oxygen atoms in total. The second-order valence-electron chi connectivity index (χ2n) is 2.68. The second kappa shape index (κ2) is 4.14. The molecule has 1 rings (SSSR count). The van der Waals surface area contributed by atoms with E-state index < -0.39 is 25.0 Å². The first-order chi connectivity index (χ1) is 6.55. The molecule has 0 radical (unpaired) electrons. The molecule has 3 N–H and O–H groups in total. The van der Waals surface area contributed by atoms with Crippen LogP contribution in [0.15, 0.2) is 12.4 Å². The number of carbonyl (C=O) groups is 1. The average molecular weight is 205 g/mol. The molecule has 1 aromatic heterocycles. The second-order valence-corrected chi connectivity index (χ2v) is 2.68. The lowest BCUT2D eigenvalue weighted by atomic mass is 10.3. The molecule has 7 heteroatoms. The topological polar surface area (TPSA) is 78.0 Å². The van der Waals surface area contributed by atoms with Gasteiger partial charge in [-0.1, -0.05) is 0 Å². The maximum absolute atomic E-state index is 12.5. The van der Waals surface area contributed by atoms with E-state index in [1.807, 2.05) is 5.32 Å². The highest BCUT2D eigenvalue weighted by molar-refractivity contribution is 5.93. The quantitative estimate of drug-likeness (QED) is 0.635. The van der Waals surface area contributed by atoms with Crippen LogP contribution in [0.1, 0.15) is 10.4 Å². The monoisotopic (exact) mass is 205 g/mol. The molecule has 0 spiro atoms. The number of aliphatic hydroxyl groups excluding tert-OH is 1. The van der Waals surface area contributed by atoms with Crippen molar-refractivity contribution in [3.05, 3.63) is 18.0 Å². The van der Waals surface area contributed by atoms with Crippen LogP contribution in [0.3, 0.4) is 0 Å². The van der Waals surface area contributed by atoms with Gasteiger partial charge in [0, 0.05) is 6.20 Å². The first-order valence-corrected chi connectivity index (χ1v) is 3.81. The zero-order valence-corrected chi connectivity index (χ0v) is 7.13. The van der Waals surface area contributed by atoms with Crippen LogP contribution in [0, 0.1) is 0 Å². The van der Waals surface area contributed by atoms with E-state index in [2.05, 4.69) is 10.2 Å². The number of aromatic amines is 1. The van der Waals surface area contributed by atoms with Crippen molar-refractivity contribution < 1.29 is 18.7 Å². The molecule has 1 heterocycles. The summed E-state index contributed by atoms with van der Waals surface area (Å²) in [5, 5.41) is 16.0. The summed E-state index contributed by atoms with van der Waals surface area (Å²) in [7, 11) is 0. The van der Waals surface area contributed by atoms with Crippen LogP contribution in [0.2, 0.25) is 0 Å². The first-order valence-electron chi connectivity index (χ1n) is 3.81. The SMILES string of the molecule is O=C(NCC(F)(F)CO)c1cn[nH]c1. The molecule has 0 saturated carbocycles. The molecule has 1 amide bonds. The van der Waals surface area contributed by atoms with Gasteiger partial charge in [-0.15, -0.1) is 0 Å². The highest BCUT2D eigenvalue weighted by Gasteiger charge is 2.28. The molecule has 0 bridgehead atoms. The van der Waals surface area contributed by atoms with E-state index in [1.165, 1.54) is 12.4 Å². The minimum absolute atomic E-state index is 0.165. The zero-order valence-electron chi connectivity index (χ0n) is 7.13. The van der Waals surface area contributed by atoms with Crippen molar-refractivity contribution in [1.82, 2.24) is 15.5 Å². The van der Waals surface area contributed by atoms with E-state index in [4.69, 9.17) is 5.11 Å². The fraction of sp³-hybridized carbons (Fsp3) is 0.429. The molecule has 0 aliphatic rings. The summed E-state index contributed by atoms with van der Waals surface area (Å²) in [5.41, 5.74) is 0.165. The Morgan fingerprint density at radius 2 is 2.43 bits per heavy atom. The molecule has 0 aliphatic heterocycles. The summed E-state index contributed by atoms with van der Waals surface area (Å²) in [6.07, 6.45) is 2.50. The minimum Gasteiger partial charge on any atom is -0.390 e. The molecule has 78 valence electrons. The Bertz CT molecular complexity index is 300. The largest absolute Gasteiger partial charge is 0.390 e. The van der Waals surface area contributed by atoms with Crippen molar-refractivity contribution in [3.63, 3.8) is 0 Å². The van der Waals surface area contributed by atoms with Gasteiger partial charge in [0.15, 0.2) is 0 Å². The average Bonchev–Trinajstić information content (AvgIpc) is 2.67.